The lowest BCUT2D eigenvalue weighted by atomic mass is 9.84. The molecule has 2 amide bonds. The molecule has 2 saturated heterocycles. The Hall–Kier alpha value is -1.89. The number of carbonyl (C=O) groups is 2. The van der Waals surface area contributed by atoms with Crippen molar-refractivity contribution >= 4 is 11.8 Å². The maximum atomic E-state index is 13.0. The minimum atomic E-state index is -0.171. The van der Waals surface area contributed by atoms with E-state index in [1.165, 1.54) is 0 Å². The number of amides is 2. The van der Waals surface area contributed by atoms with Crippen molar-refractivity contribution in [1.29, 1.82) is 0 Å². The summed E-state index contributed by atoms with van der Waals surface area (Å²) in [6, 6.07) is 1.98. The third kappa shape index (κ3) is 4.24. The van der Waals surface area contributed by atoms with Crippen LogP contribution in [-0.4, -0.2) is 53.6 Å². The van der Waals surface area contributed by atoms with Crippen LogP contribution in [0.15, 0.2) is 10.6 Å². The van der Waals surface area contributed by atoms with E-state index in [2.05, 4.69) is 29.6 Å². The number of rotatable bonds is 5. The molecule has 154 valence electrons. The van der Waals surface area contributed by atoms with Crippen LogP contribution in [0.1, 0.15) is 74.5 Å². The molecule has 4 rings (SSSR count). The van der Waals surface area contributed by atoms with Crippen molar-refractivity contribution in [2.45, 2.75) is 70.4 Å². The Morgan fingerprint density at radius 1 is 1.25 bits per heavy atom. The third-order valence-corrected chi connectivity index (χ3v) is 6.72. The monoisotopic (exact) mass is 388 g/mol. The smallest absolute Gasteiger partial charge is 0.273 e. The summed E-state index contributed by atoms with van der Waals surface area (Å²) in [5.41, 5.74) is 0.368. The molecule has 1 aromatic rings. The van der Waals surface area contributed by atoms with Gasteiger partial charge in [-0.25, -0.2) is 0 Å². The molecule has 2 N–H and O–H groups in total. The SMILES string of the molecule is C[C@H](C(=O)N1CC[C@@H](NC(=O)c2cc(C3CC3)on2)C[C@H]1C)C1CCNCC1. The number of nitrogens with zero attached hydrogens (tertiary/aromatic N) is 2. The van der Waals surface area contributed by atoms with Crippen LogP contribution in [0.3, 0.4) is 0 Å². The van der Waals surface area contributed by atoms with Gasteiger partial charge in [-0.15, -0.1) is 0 Å². The van der Waals surface area contributed by atoms with E-state index in [-0.39, 0.29) is 29.8 Å². The van der Waals surface area contributed by atoms with Crippen molar-refractivity contribution < 1.29 is 14.1 Å². The van der Waals surface area contributed by atoms with E-state index < -0.39 is 0 Å². The average molecular weight is 389 g/mol. The van der Waals surface area contributed by atoms with Crippen molar-refractivity contribution in [3.05, 3.63) is 17.5 Å². The molecule has 7 heteroatoms. The maximum Gasteiger partial charge on any atom is 0.273 e. The van der Waals surface area contributed by atoms with Gasteiger partial charge in [-0.05, 0) is 64.5 Å². The predicted molar refractivity (Wildman–Crippen MR) is 105 cm³/mol. The predicted octanol–water partition coefficient (Wildman–Crippen LogP) is 2.30. The molecule has 1 aliphatic carbocycles. The zero-order chi connectivity index (χ0) is 19.7. The summed E-state index contributed by atoms with van der Waals surface area (Å²) in [4.78, 5) is 27.5. The first kappa shape index (κ1) is 19.4. The molecule has 0 bridgehead atoms. The largest absolute Gasteiger partial charge is 0.360 e. The van der Waals surface area contributed by atoms with Crippen molar-refractivity contribution in [3.63, 3.8) is 0 Å². The Balaban J connectivity index is 1.29. The first-order valence-electron chi connectivity index (χ1n) is 10.8. The third-order valence-electron chi connectivity index (χ3n) is 6.72. The van der Waals surface area contributed by atoms with Gasteiger partial charge in [0.1, 0.15) is 5.76 Å². The fourth-order valence-electron chi connectivity index (χ4n) is 4.65. The Morgan fingerprint density at radius 3 is 2.68 bits per heavy atom. The second kappa shape index (κ2) is 8.23. The van der Waals surface area contributed by atoms with Crippen LogP contribution in [-0.2, 0) is 4.79 Å². The first-order valence-corrected chi connectivity index (χ1v) is 10.8. The van der Waals surface area contributed by atoms with Gasteiger partial charge in [-0.3, -0.25) is 9.59 Å². The lowest BCUT2D eigenvalue weighted by Crippen LogP contribution is -2.53. The number of piperidine rings is 2. The highest BCUT2D eigenvalue weighted by Crippen LogP contribution is 2.40. The number of carbonyl (C=O) groups excluding carboxylic acids is 2. The Bertz CT molecular complexity index is 708. The van der Waals surface area contributed by atoms with Crippen LogP contribution in [0.2, 0.25) is 0 Å². The van der Waals surface area contributed by atoms with E-state index in [9.17, 15) is 9.59 Å². The molecule has 1 aromatic heterocycles. The lowest BCUT2D eigenvalue weighted by Gasteiger charge is -2.40. The molecule has 3 aliphatic rings. The first-order chi connectivity index (χ1) is 13.5. The second-order valence-corrected chi connectivity index (χ2v) is 8.84. The molecule has 0 aromatic carbocycles. The minimum absolute atomic E-state index is 0.0711. The fourth-order valence-corrected chi connectivity index (χ4v) is 4.65. The highest BCUT2D eigenvalue weighted by atomic mass is 16.5. The van der Waals surface area contributed by atoms with E-state index in [1.54, 1.807) is 6.07 Å². The Labute approximate surface area is 166 Å². The molecule has 28 heavy (non-hydrogen) atoms. The highest BCUT2D eigenvalue weighted by Gasteiger charge is 2.35. The van der Waals surface area contributed by atoms with Crippen LogP contribution in [0.25, 0.3) is 0 Å². The highest BCUT2D eigenvalue weighted by molar-refractivity contribution is 5.92. The van der Waals surface area contributed by atoms with Gasteiger partial charge in [0.25, 0.3) is 5.91 Å². The normalized spacial score (nSPS) is 27.4. The van der Waals surface area contributed by atoms with Gasteiger partial charge in [-0.1, -0.05) is 12.1 Å². The lowest BCUT2D eigenvalue weighted by molar-refractivity contribution is -0.140. The van der Waals surface area contributed by atoms with Gasteiger partial charge in [-0.2, -0.15) is 0 Å². The topological polar surface area (TPSA) is 87.5 Å². The number of hydrogen-bond acceptors (Lipinski definition) is 5. The zero-order valence-electron chi connectivity index (χ0n) is 16.9. The standard InChI is InChI=1S/C21H32N4O3/c1-13-11-17(23-20(26)18-12-19(28-24-18)16-3-4-16)7-10-25(13)21(27)14(2)15-5-8-22-9-6-15/h12-17,22H,3-11H2,1-2H3,(H,23,26)/t13-,14+,17-/m1/s1. The Morgan fingerprint density at radius 2 is 2.00 bits per heavy atom. The number of aromatic nitrogens is 1. The van der Waals surface area contributed by atoms with Crippen LogP contribution in [0.4, 0.5) is 0 Å². The minimum Gasteiger partial charge on any atom is -0.360 e. The van der Waals surface area contributed by atoms with Gasteiger partial charge in [0, 0.05) is 36.5 Å². The summed E-state index contributed by atoms with van der Waals surface area (Å²) in [6.07, 6.45) is 5.96. The van der Waals surface area contributed by atoms with Gasteiger partial charge in [0.2, 0.25) is 5.91 Å². The molecule has 0 radical (unpaired) electrons. The number of hydrogen-bond donors (Lipinski definition) is 2. The summed E-state index contributed by atoms with van der Waals surface area (Å²) >= 11 is 0. The average Bonchev–Trinajstić information content (AvgIpc) is 3.44. The second-order valence-electron chi connectivity index (χ2n) is 8.84. The van der Waals surface area contributed by atoms with Crippen molar-refractivity contribution in [1.82, 2.24) is 20.7 Å². The molecule has 3 fully saturated rings. The van der Waals surface area contributed by atoms with Crippen LogP contribution in [0.5, 0.6) is 0 Å². The van der Waals surface area contributed by atoms with E-state index in [4.69, 9.17) is 4.52 Å². The molecule has 0 unspecified atom stereocenters. The maximum absolute atomic E-state index is 13.0. The molecule has 2 aliphatic heterocycles. The summed E-state index contributed by atoms with van der Waals surface area (Å²) in [7, 11) is 0. The van der Waals surface area contributed by atoms with Crippen LogP contribution in [0, 0.1) is 11.8 Å². The molecule has 7 nitrogen and oxygen atoms in total. The molecule has 3 heterocycles. The summed E-state index contributed by atoms with van der Waals surface area (Å²) in [6.45, 7) is 6.90. The fraction of sp³-hybridized carbons (Fsp3) is 0.762. The van der Waals surface area contributed by atoms with Gasteiger partial charge in [0.05, 0.1) is 0 Å². The van der Waals surface area contributed by atoms with Gasteiger partial charge in [0.15, 0.2) is 5.69 Å². The Kier molecular flexibility index (Phi) is 5.71. The van der Waals surface area contributed by atoms with E-state index in [1.807, 2.05) is 4.90 Å². The summed E-state index contributed by atoms with van der Waals surface area (Å²) in [5.74, 6) is 1.93. The molecule has 0 spiro atoms. The van der Waals surface area contributed by atoms with Crippen LogP contribution >= 0.6 is 0 Å². The number of likely N-dealkylation sites (tertiary alicyclic amines) is 1. The molecule has 1 saturated carbocycles. The van der Waals surface area contributed by atoms with Crippen molar-refractivity contribution in [2.24, 2.45) is 11.8 Å². The summed E-state index contributed by atoms with van der Waals surface area (Å²) < 4.78 is 5.28. The van der Waals surface area contributed by atoms with Crippen molar-refractivity contribution in [2.75, 3.05) is 19.6 Å². The van der Waals surface area contributed by atoms with E-state index in [0.717, 1.165) is 57.4 Å². The van der Waals surface area contributed by atoms with Crippen LogP contribution < -0.4 is 10.6 Å². The molecule has 3 atom stereocenters. The van der Waals surface area contributed by atoms with E-state index >= 15 is 0 Å². The van der Waals surface area contributed by atoms with E-state index in [0.29, 0.717) is 24.1 Å². The zero-order valence-corrected chi connectivity index (χ0v) is 16.9. The quantitative estimate of drug-likeness (QED) is 0.808. The molecular weight excluding hydrogens is 356 g/mol. The number of nitrogens with one attached hydrogen (secondary N) is 2. The van der Waals surface area contributed by atoms with Crippen molar-refractivity contribution in [3.8, 4) is 0 Å². The molecular formula is C21H32N4O3. The summed E-state index contributed by atoms with van der Waals surface area (Å²) in [5, 5.41) is 10.4. The van der Waals surface area contributed by atoms with Gasteiger partial charge < -0.3 is 20.1 Å². The van der Waals surface area contributed by atoms with Gasteiger partial charge >= 0.3 is 0 Å².